The largest absolute Gasteiger partial charge is 0.507 e. The number of nitrogens with zero attached hydrogens (tertiary/aromatic N) is 2. The molecular formula is C29H20N2O3. The third-order valence-electron chi connectivity index (χ3n) is 6.22. The summed E-state index contributed by atoms with van der Waals surface area (Å²) in [5.74, 6) is -1.68. The Morgan fingerprint density at radius 3 is 2.26 bits per heavy atom. The molecular weight excluding hydrogens is 424 g/mol. The molecule has 1 N–H and O–H groups in total. The number of carbonyl (C=O) groups is 2. The van der Waals surface area contributed by atoms with Crippen LogP contribution in [0.1, 0.15) is 28.3 Å². The molecule has 1 unspecified atom stereocenters. The summed E-state index contributed by atoms with van der Waals surface area (Å²) < 4.78 is 0. The Morgan fingerprint density at radius 2 is 1.56 bits per heavy atom. The number of rotatable bonds is 3. The Labute approximate surface area is 196 Å². The van der Waals surface area contributed by atoms with Gasteiger partial charge in [0.1, 0.15) is 5.76 Å². The van der Waals surface area contributed by atoms with Gasteiger partial charge in [0.15, 0.2) is 0 Å². The summed E-state index contributed by atoms with van der Waals surface area (Å²) in [5.41, 5.74) is 3.07. The number of Topliss-reactive ketones (excluding diaryl/α,β-unsaturated/α-hetero) is 1. The lowest BCUT2D eigenvalue weighted by atomic mass is 9.92. The zero-order valence-electron chi connectivity index (χ0n) is 18.4. The van der Waals surface area contributed by atoms with E-state index in [9.17, 15) is 14.7 Å². The minimum atomic E-state index is -0.805. The number of nitriles is 1. The fourth-order valence-corrected chi connectivity index (χ4v) is 4.48. The van der Waals surface area contributed by atoms with E-state index in [-0.39, 0.29) is 11.3 Å². The molecule has 0 spiro atoms. The van der Waals surface area contributed by atoms with Gasteiger partial charge < -0.3 is 5.11 Å². The molecule has 1 fully saturated rings. The maximum atomic E-state index is 13.3. The van der Waals surface area contributed by atoms with Crippen molar-refractivity contribution in [2.75, 3.05) is 4.90 Å². The minimum Gasteiger partial charge on any atom is -0.507 e. The number of carbonyl (C=O) groups excluding carboxylic acids is 2. The maximum absolute atomic E-state index is 13.3. The van der Waals surface area contributed by atoms with E-state index in [4.69, 9.17) is 5.26 Å². The molecule has 0 aliphatic carbocycles. The van der Waals surface area contributed by atoms with Crippen LogP contribution in [0.25, 0.3) is 16.5 Å². The highest BCUT2D eigenvalue weighted by Gasteiger charge is 2.47. The molecule has 5 nitrogen and oxygen atoms in total. The third kappa shape index (κ3) is 3.42. The SMILES string of the molecule is Cc1ccccc1C1/C(=C(\O)c2ccc3ccccc3c2)C(=O)C(=O)N1c1ccc(C#N)cc1. The van der Waals surface area contributed by atoms with Gasteiger partial charge in [-0.05, 0) is 59.2 Å². The van der Waals surface area contributed by atoms with Crippen molar-refractivity contribution in [1.82, 2.24) is 0 Å². The number of aliphatic hydroxyl groups excluding tert-OH is 1. The molecule has 164 valence electrons. The van der Waals surface area contributed by atoms with Gasteiger partial charge in [-0.1, -0.05) is 60.7 Å². The maximum Gasteiger partial charge on any atom is 0.300 e. The van der Waals surface area contributed by atoms with Crippen molar-refractivity contribution in [3.63, 3.8) is 0 Å². The number of hydrogen-bond donors (Lipinski definition) is 1. The van der Waals surface area contributed by atoms with Gasteiger partial charge in [-0.3, -0.25) is 14.5 Å². The van der Waals surface area contributed by atoms with Gasteiger partial charge in [0.25, 0.3) is 11.7 Å². The summed E-state index contributed by atoms with van der Waals surface area (Å²) in [5, 5.41) is 22.4. The first kappa shape index (κ1) is 21.2. The van der Waals surface area contributed by atoms with Crippen LogP contribution in [0.4, 0.5) is 5.69 Å². The Balaban J connectivity index is 1.74. The third-order valence-corrected chi connectivity index (χ3v) is 6.22. The minimum absolute atomic E-state index is 0.0407. The normalized spacial score (nSPS) is 17.2. The molecule has 1 aliphatic rings. The van der Waals surface area contributed by atoms with Crippen LogP contribution in [-0.2, 0) is 9.59 Å². The van der Waals surface area contributed by atoms with Crippen LogP contribution < -0.4 is 4.90 Å². The van der Waals surface area contributed by atoms with E-state index < -0.39 is 17.7 Å². The first-order chi connectivity index (χ1) is 16.5. The standard InChI is InChI=1S/C29H20N2O3/c1-18-6-2-5-9-24(18)26-25(27(32)22-13-12-20-7-3-4-8-21(20)16-22)28(33)29(34)31(26)23-14-10-19(17-30)11-15-23/h2-16,26,32H,1H3/b27-25+. The van der Waals surface area contributed by atoms with Crippen molar-refractivity contribution in [1.29, 1.82) is 5.26 Å². The molecule has 0 saturated carbocycles. The van der Waals surface area contributed by atoms with E-state index in [1.807, 2.05) is 67.6 Å². The van der Waals surface area contributed by atoms with E-state index in [1.54, 1.807) is 30.3 Å². The van der Waals surface area contributed by atoms with Crippen molar-refractivity contribution < 1.29 is 14.7 Å². The number of aliphatic hydroxyl groups is 1. The van der Waals surface area contributed by atoms with Gasteiger partial charge in [0.2, 0.25) is 0 Å². The van der Waals surface area contributed by atoms with Crippen LogP contribution in [0, 0.1) is 18.3 Å². The molecule has 1 aliphatic heterocycles. The Morgan fingerprint density at radius 1 is 0.882 bits per heavy atom. The molecule has 4 aromatic rings. The first-order valence-corrected chi connectivity index (χ1v) is 10.9. The van der Waals surface area contributed by atoms with Crippen molar-refractivity contribution in [2.45, 2.75) is 13.0 Å². The summed E-state index contributed by atoms with van der Waals surface area (Å²) in [6, 6.07) is 28.4. The number of amides is 1. The summed E-state index contributed by atoms with van der Waals surface area (Å²) in [7, 11) is 0. The average Bonchev–Trinajstić information content (AvgIpc) is 3.13. The number of hydrogen-bond acceptors (Lipinski definition) is 4. The molecule has 1 amide bonds. The fourth-order valence-electron chi connectivity index (χ4n) is 4.48. The Kier molecular flexibility index (Phi) is 5.19. The van der Waals surface area contributed by atoms with Crippen molar-refractivity contribution in [3.8, 4) is 6.07 Å². The molecule has 0 aromatic heterocycles. The monoisotopic (exact) mass is 444 g/mol. The molecule has 0 bridgehead atoms. The molecule has 1 saturated heterocycles. The predicted octanol–water partition coefficient (Wildman–Crippen LogP) is 5.65. The zero-order chi connectivity index (χ0) is 23.8. The number of fused-ring (bicyclic) bond motifs is 1. The van der Waals surface area contributed by atoms with E-state index in [0.717, 1.165) is 21.9 Å². The van der Waals surface area contributed by atoms with Gasteiger partial charge >= 0.3 is 0 Å². The average molecular weight is 444 g/mol. The number of ketones is 1. The van der Waals surface area contributed by atoms with Gasteiger partial charge in [-0.2, -0.15) is 5.26 Å². The smallest absolute Gasteiger partial charge is 0.300 e. The van der Waals surface area contributed by atoms with Crippen LogP contribution in [0.3, 0.4) is 0 Å². The molecule has 0 radical (unpaired) electrons. The Hall–Kier alpha value is -4.69. The summed E-state index contributed by atoms with van der Waals surface area (Å²) in [4.78, 5) is 28.0. The van der Waals surface area contributed by atoms with Crippen molar-refractivity contribution in [3.05, 3.63) is 119 Å². The first-order valence-electron chi connectivity index (χ1n) is 10.9. The van der Waals surface area contributed by atoms with Crippen molar-refractivity contribution >= 4 is 33.9 Å². The molecule has 34 heavy (non-hydrogen) atoms. The van der Waals surface area contributed by atoms with Crippen LogP contribution in [-0.4, -0.2) is 16.8 Å². The quantitative estimate of drug-likeness (QED) is 0.252. The van der Waals surface area contributed by atoms with Gasteiger partial charge in [0.05, 0.1) is 23.2 Å². The second kappa shape index (κ2) is 8.34. The second-order valence-corrected chi connectivity index (χ2v) is 8.25. The highest BCUT2D eigenvalue weighted by atomic mass is 16.3. The lowest BCUT2D eigenvalue weighted by molar-refractivity contribution is -0.132. The molecule has 4 aromatic carbocycles. The van der Waals surface area contributed by atoms with Gasteiger partial charge in [-0.25, -0.2) is 0 Å². The number of anilines is 1. The lowest BCUT2D eigenvalue weighted by Gasteiger charge is -2.26. The van der Waals surface area contributed by atoms with Crippen LogP contribution in [0.2, 0.25) is 0 Å². The molecule has 1 atom stereocenters. The Bertz CT molecular complexity index is 1530. The molecule has 5 heteroatoms. The topological polar surface area (TPSA) is 81.4 Å². The summed E-state index contributed by atoms with van der Waals surface area (Å²) >= 11 is 0. The van der Waals surface area contributed by atoms with E-state index in [1.165, 1.54) is 4.90 Å². The van der Waals surface area contributed by atoms with E-state index >= 15 is 0 Å². The highest BCUT2D eigenvalue weighted by molar-refractivity contribution is 6.51. The second-order valence-electron chi connectivity index (χ2n) is 8.25. The lowest BCUT2D eigenvalue weighted by Crippen LogP contribution is -2.29. The zero-order valence-corrected chi connectivity index (χ0v) is 18.4. The van der Waals surface area contributed by atoms with Crippen LogP contribution >= 0.6 is 0 Å². The molecule has 5 rings (SSSR count). The fraction of sp³-hybridized carbons (Fsp3) is 0.0690. The van der Waals surface area contributed by atoms with Crippen molar-refractivity contribution in [2.24, 2.45) is 0 Å². The van der Waals surface area contributed by atoms with Gasteiger partial charge in [0, 0.05) is 11.3 Å². The van der Waals surface area contributed by atoms with E-state index in [2.05, 4.69) is 6.07 Å². The van der Waals surface area contributed by atoms with Gasteiger partial charge in [-0.15, -0.1) is 0 Å². The van der Waals surface area contributed by atoms with E-state index in [0.29, 0.717) is 16.8 Å². The summed E-state index contributed by atoms with van der Waals surface area (Å²) in [6.07, 6.45) is 0. The number of aryl methyl sites for hydroxylation is 1. The van der Waals surface area contributed by atoms with Crippen LogP contribution in [0.5, 0.6) is 0 Å². The predicted molar refractivity (Wildman–Crippen MR) is 131 cm³/mol. The van der Waals surface area contributed by atoms with Crippen LogP contribution in [0.15, 0.2) is 96.6 Å². The number of benzene rings is 4. The highest BCUT2D eigenvalue weighted by Crippen LogP contribution is 2.43. The molecule has 1 heterocycles. The summed E-state index contributed by atoms with van der Waals surface area (Å²) in [6.45, 7) is 1.91.